The zero-order valence-corrected chi connectivity index (χ0v) is 8.53. The Labute approximate surface area is 88.7 Å². The third-order valence-electron chi connectivity index (χ3n) is 2.84. The van der Waals surface area contributed by atoms with Crippen molar-refractivity contribution in [2.24, 2.45) is 5.92 Å². The van der Waals surface area contributed by atoms with Gasteiger partial charge in [-0.05, 0) is 37.1 Å². The van der Waals surface area contributed by atoms with E-state index >= 15 is 0 Å². The molecule has 0 amide bonds. The molecule has 0 spiro atoms. The highest BCUT2D eigenvalue weighted by molar-refractivity contribution is 5.57. The van der Waals surface area contributed by atoms with Crippen LogP contribution in [-0.4, -0.2) is 19.4 Å². The molecule has 1 aliphatic heterocycles. The molecule has 0 N–H and O–H groups in total. The number of nitrogens with zero attached hydrogens (tertiary/aromatic N) is 1. The molecule has 1 aliphatic rings. The number of hydrogen-bond donors (Lipinski definition) is 0. The van der Waals surface area contributed by atoms with Crippen molar-refractivity contribution in [2.45, 2.75) is 12.8 Å². The second kappa shape index (κ2) is 4.43. The van der Waals surface area contributed by atoms with Crippen LogP contribution < -0.4 is 4.90 Å². The Morgan fingerprint density at radius 2 is 2.07 bits per heavy atom. The van der Waals surface area contributed by atoms with Crippen molar-refractivity contribution in [3.63, 3.8) is 0 Å². The first kappa shape index (κ1) is 10.1. The molecule has 1 heterocycles. The molecular formula is C12H14FNO. The first-order valence-electron chi connectivity index (χ1n) is 5.25. The van der Waals surface area contributed by atoms with E-state index in [1.807, 2.05) is 0 Å². The second-order valence-corrected chi connectivity index (χ2v) is 3.96. The zero-order valence-electron chi connectivity index (χ0n) is 8.53. The summed E-state index contributed by atoms with van der Waals surface area (Å²) in [5.41, 5.74) is 1.00. The van der Waals surface area contributed by atoms with Crippen molar-refractivity contribution in [1.82, 2.24) is 0 Å². The largest absolute Gasteiger partial charge is 0.371 e. The fourth-order valence-electron chi connectivity index (χ4n) is 2.01. The van der Waals surface area contributed by atoms with Gasteiger partial charge in [0.05, 0.1) is 0 Å². The predicted octanol–water partition coefficient (Wildman–Crippen LogP) is 2.24. The lowest BCUT2D eigenvalue weighted by Crippen LogP contribution is -2.35. The Kier molecular flexibility index (Phi) is 2.99. The topological polar surface area (TPSA) is 20.3 Å². The van der Waals surface area contributed by atoms with Gasteiger partial charge in [0, 0.05) is 24.7 Å². The summed E-state index contributed by atoms with van der Waals surface area (Å²) in [6, 6.07) is 6.45. The van der Waals surface area contributed by atoms with Crippen LogP contribution in [0.5, 0.6) is 0 Å². The summed E-state index contributed by atoms with van der Waals surface area (Å²) in [6.07, 6.45) is 3.03. The molecule has 15 heavy (non-hydrogen) atoms. The van der Waals surface area contributed by atoms with Gasteiger partial charge in [-0.1, -0.05) is 0 Å². The van der Waals surface area contributed by atoms with E-state index in [4.69, 9.17) is 0 Å². The van der Waals surface area contributed by atoms with Gasteiger partial charge in [-0.25, -0.2) is 4.39 Å². The summed E-state index contributed by atoms with van der Waals surface area (Å²) in [5.74, 6) is -0.0912. The number of hydrogen-bond acceptors (Lipinski definition) is 2. The molecule has 0 bridgehead atoms. The fourth-order valence-corrected chi connectivity index (χ4v) is 2.01. The van der Waals surface area contributed by atoms with Crippen molar-refractivity contribution in [2.75, 3.05) is 18.0 Å². The maximum absolute atomic E-state index is 12.7. The summed E-state index contributed by atoms with van der Waals surface area (Å²) in [5, 5.41) is 0. The van der Waals surface area contributed by atoms with Gasteiger partial charge >= 0.3 is 0 Å². The maximum atomic E-state index is 12.7. The highest BCUT2D eigenvalue weighted by Gasteiger charge is 2.19. The van der Waals surface area contributed by atoms with E-state index in [0.29, 0.717) is 0 Å². The van der Waals surface area contributed by atoms with Gasteiger partial charge in [-0.2, -0.15) is 0 Å². The second-order valence-electron chi connectivity index (χ2n) is 3.96. The quantitative estimate of drug-likeness (QED) is 0.693. The monoisotopic (exact) mass is 207 g/mol. The van der Waals surface area contributed by atoms with E-state index in [1.165, 1.54) is 12.1 Å². The molecule has 0 aliphatic carbocycles. The number of rotatable bonds is 2. The molecule has 2 rings (SSSR count). The lowest BCUT2D eigenvalue weighted by atomic mass is 9.99. The van der Waals surface area contributed by atoms with Crippen LogP contribution in [0.2, 0.25) is 0 Å². The molecule has 1 unspecified atom stereocenters. The van der Waals surface area contributed by atoms with Crippen molar-refractivity contribution in [3.8, 4) is 0 Å². The van der Waals surface area contributed by atoms with E-state index < -0.39 is 0 Å². The van der Waals surface area contributed by atoms with Crippen molar-refractivity contribution < 1.29 is 9.18 Å². The van der Waals surface area contributed by atoms with Gasteiger partial charge in [0.15, 0.2) is 0 Å². The van der Waals surface area contributed by atoms with Crippen LogP contribution in [0.1, 0.15) is 12.8 Å². The average molecular weight is 207 g/mol. The maximum Gasteiger partial charge on any atom is 0.124 e. The Morgan fingerprint density at radius 3 is 2.73 bits per heavy atom. The first-order valence-corrected chi connectivity index (χ1v) is 5.25. The van der Waals surface area contributed by atoms with Gasteiger partial charge < -0.3 is 9.69 Å². The van der Waals surface area contributed by atoms with Crippen LogP contribution >= 0.6 is 0 Å². The molecule has 3 heteroatoms. The molecule has 80 valence electrons. The van der Waals surface area contributed by atoms with Crippen molar-refractivity contribution in [1.29, 1.82) is 0 Å². The molecule has 1 fully saturated rings. The fraction of sp³-hybridized carbons (Fsp3) is 0.417. The number of aldehydes is 1. The normalized spacial score (nSPS) is 21.4. The zero-order chi connectivity index (χ0) is 10.7. The minimum atomic E-state index is -0.220. The number of anilines is 1. The summed E-state index contributed by atoms with van der Waals surface area (Å²) < 4.78 is 12.7. The highest BCUT2D eigenvalue weighted by Crippen LogP contribution is 2.22. The summed E-state index contributed by atoms with van der Waals surface area (Å²) in [7, 11) is 0. The van der Waals surface area contributed by atoms with Gasteiger partial charge in [0.2, 0.25) is 0 Å². The van der Waals surface area contributed by atoms with Crippen molar-refractivity contribution >= 4 is 12.0 Å². The Bertz CT molecular complexity index is 336. The third-order valence-corrected chi connectivity index (χ3v) is 2.84. The van der Waals surface area contributed by atoms with Gasteiger partial charge in [0.25, 0.3) is 0 Å². The number of halogens is 1. The molecule has 1 aromatic rings. The lowest BCUT2D eigenvalue weighted by Gasteiger charge is -2.32. The van der Waals surface area contributed by atoms with E-state index in [9.17, 15) is 9.18 Å². The van der Waals surface area contributed by atoms with Crippen LogP contribution in [0.3, 0.4) is 0 Å². The van der Waals surface area contributed by atoms with Crippen LogP contribution in [0.25, 0.3) is 0 Å². The molecule has 2 nitrogen and oxygen atoms in total. The van der Waals surface area contributed by atoms with E-state index in [0.717, 1.165) is 37.9 Å². The van der Waals surface area contributed by atoms with E-state index in [1.54, 1.807) is 12.1 Å². The number of carbonyl (C=O) groups is 1. The Hall–Kier alpha value is -1.38. The first-order chi connectivity index (χ1) is 7.29. The minimum Gasteiger partial charge on any atom is -0.371 e. The smallest absolute Gasteiger partial charge is 0.124 e. The summed E-state index contributed by atoms with van der Waals surface area (Å²) in [6.45, 7) is 1.71. The van der Waals surface area contributed by atoms with E-state index in [2.05, 4.69) is 4.90 Å². The molecular weight excluding hydrogens is 193 g/mol. The number of benzene rings is 1. The summed E-state index contributed by atoms with van der Waals surface area (Å²) >= 11 is 0. The third kappa shape index (κ3) is 2.35. The van der Waals surface area contributed by atoms with Gasteiger partial charge in [-0.3, -0.25) is 0 Å². The van der Waals surface area contributed by atoms with Gasteiger partial charge in [0.1, 0.15) is 12.1 Å². The van der Waals surface area contributed by atoms with Crippen LogP contribution in [0.4, 0.5) is 10.1 Å². The van der Waals surface area contributed by atoms with Crippen molar-refractivity contribution in [3.05, 3.63) is 30.1 Å². The standard InChI is InChI=1S/C12H14FNO/c13-11-3-5-12(6-4-11)14-7-1-2-10(8-14)9-15/h3-6,9-10H,1-2,7-8H2. The predicted molar refractivity (Wildman–Crippen MR) is 57.4 cm³/mol. The Morgan fingerprint density at radius 1 is 1.33 bits per heavy atom. The number of carbonyl (C=O) groups excluding carboxylic acids is 1. The average Bonchev–Trinajstić information content (AvgIpc) is 2.30. The molecule has 0 saturated carbocycles. The van der Waals surface area contributed by atoms with Crippen LogP contribution in [-0.2, 0) is 4.79 Å². The molecule has 1 saturated heterocycles. The Balaban J connectivity index is 2.09. The molecule has 0 radical (unpaired) electrons. The minimum absolute atomic E-state index is 0.129. The highest BCUT2D eigenvalue weighted by atomic mass is 19.1. The van der Waals surface area contributed by atoms with Crippen LogP contribution in [0, 0.1) is 11.7 Å². The number of piperidine rings is 1. The van der Waals surface area contributed by atoms with Gasteiger partial charge in [-0.15, -0.1) is 0 Å². The van der Waals surface area contributed by atoms with Crippen LogP contribution in [0.15, 0.2) is 24.3 Å². The molecule has 0 aromatic heterocycles. The molecule has 1 atom stereocenters. The lowest BCUT2D eigenvalue weighted by molar-refractivity contribution is -0.111. The summed E-state index contributed by atoms with van der Waals surface area (Å²) in [4.78, 5) is 12.8. The van der Waals surface area contributed by atoms with E-state index in [-0.39, 0.29) is 11.7 Å². The molecule has 1 aromatic carbocycles. The SMILES string of the molecule is O=CC1CCCN(c2ccc(F)cc2)C1.